The molecule has 0 saturated heterocycles. The highest BCUT2D eigenvalue weighted by molar-refractivity contribution is 6.25. The lowest BCUT2D eigenvalue weighted by atomic mass is 9.84. The molecule has 0 amide bonds. The summed E-state index contributed by atoms with van der Waals surface area (Å²) in [5.74, 6) is 0. The zero-order valence-corrected chi connectivity index (χ0v) is 70.0. The lowest BCUT2D eigenvalue weighted by Crippen LogP contribution is -1.95. The van der Waals surface area contributed by atoms with Gasteiger partial charge in [0.25, 0.3) is 0 Å². The number of fused-ring (bicyclic) bond motifs is 16. The molecular weight excluding hydrogens is 1550 g/mol. The van der Waals surface area contributed by atoms with E-state index in [0.29, 0.717) is 0 Å². The van der Waals surface area contributed by atoms with E-state index in [9.17, 15) is 0 Å². The molecular formula is C124H80N4. The van der Waals surface area contributed by atoms with Gasteiger partial charge in [-0.05, 0) is 241 Å². The first-order chi connectivity index (χ1) is 63.5. The highest BCUT2D eigenvalue weighted by Crippen LogP contribution is 2.50. The minimum absolute atomic E-state index is 1.13. The number of para-hydroxylation sites is 6. The fourth-order valence-electron chi connectivity index (χ4n) is 20.9. The van der Waals surface area contributed by atoms with Crippen molar-refractivity contribution in [3.05, 3.63) is 485 Å². The molecule has 128 heavy (non-hydrogen) atoms. The van der Waals surface area contributed by atoms with Gasteiger partial charge in [0, 0.05) is 65.8 Å². The number of hydrogen-bond donors (Lipinski definition) is 0. The van der Waals surface area contributed by atoms with Crippen LogP contribution in [0, 0.1) is 0 Å². The first-order valence-electron chi connectivity index (χ1n) is 44.2. The van der Waals surface area contributed by atoms with E-state index in [1.165, 1.54) is 231 Å². The Hall–Kier alpha value is -16.9. The average molecular weight is 1630 g/mol. The summed E-state index contributed by atoms with van der Waals surface area (Å²) in [5, 5.41) is 20.0. The molecule has 26 rings (SSSR count). The van der Waals surface area contributed by atoms with Crippen molar-refractivity contribution in [2.75, 3.05) is 0 Å². The van der Waals surface area contributed by atoms with E-state index in [1.807, 2.05) is 0 Å². The van der Waals surface area contributed by atoms with Crippen LogP contribution in [0.15, 0.2) is 485 Å². The van der Waals surface area contributed by atoms with Crippen molar-refractivity contribution < 1.29 is 0 Å². The molecule has 4 heteroatoms. The Morgan fingerprint density at radius 3 is 0.688 bits per heavy atom. The van der Waals surface area contributed by atoms with E-state index in [-0.39, 0.29) is 0 Å². The number of aromatic nitrogens is 4. The maximum absolute atomic E-state index is 2.44. The Kier molecular flexibility index (Phi) is 17.6. The van der Waals surface area contributed by atoms with Crippen LogP contribution in [0.25, 0.3) is 242 Å². The molecule has 0 atom stereocenters. The normalized spacial score (nSPS) is 11.8. The van der Waals surface area contributed by atoms with Crippen LogP contribution < -0.4 is 0 Å². The summed E-state index contributed by atoms with van der Waals surface area (Å²) in [6.07, 6.45) is 0. The fraction of sp³-hybridized carbons (Fsp3) is 0. The second kappa shape index (κ2) is 30.5. The van der Waals surface area contributed by atoms with Crippen LogP contribution in [0.3, 0.4) is 0 Å². The molecule has 596 valence electrons. The molecule has 0 aliphatic heterocycles. The molecule has 0 aliphatic carbocycles. The minimum Gasteiger partial charge on any atom is -0.309 e. The van der Waals surface area contributed by atoms with E-state index in [2.05, 4.69) is 504 Å². The SMILES string of the molecule is c1ccc(-c2ccc(-c3c4ccccc4c(-c4ccc(-n5c6ccccc6c6ccc(-c7ccc8c(c7)c7ccccc7n8-c7ccccc7)cc65)cc4)c4ccccc34)cc2)cc1.c1ccc(-c2ccccc2-c2c3ccccc3c(-c3ccc(-n4c5ccccc5c5ccc(-c6ccc7c(c6)c6ccccc6n7-c6ccccc6)cc54)cc3)c3ccccc23)cc1. The van der Waals surface area contributed by atoms with E-state index >= 15 is 0 Å². The Morgan fingerprint density at radius 2 is 0.320 bits per heavy atom. The number of nitrogens with zero attached hydrogens (tertiary/aromatic N) is 4. The average Bonchev–Trinajstić information content (AvgIpc) is 1.33. The van der Waals surface area contributed by atoms with Crippen LogP contribution in [0.4, 0.5) is 0 Å². The smallest absolute Gasteiger partial charge is 0.0547 e. The lowest BCUT2D eigenvalue weighted by Gasteiger charge is -2.20. The molecule has 22 aromatic carbocycles. The van der Waals surface area contributed by atoms with Crippen LogP contribution in [-0.4, -0.2) is 18.3 Å². The van der Waals surface area contributed by atoms with Gasteiger partial charge in [-0.15, -0.1) is 0 Å². The van der Waals surface area contributed by atoms with Crippen molar-refractivity contribution in [2.45, 2.75) is 0 Å². The van der Waals surface area contributed by atoms with Crippen molar-refractivity contribution >= 4 is 130 Å². The lowest BCUT2D eigenvalue weighted by molar-refractivity contribution is 1.18. The molecule has 26 aromatic rings. The topological polar surface area (TPSA) is 19.7 Å². The van der Waals surface area contributed by atoms with Gasteiger partial charge >= 0.3 is 0 Å². The molecule has 0 radical (unpaired) electrons. The molecule has 0 saturated carbocycles. The van der Waals surface area contributed by atoms with Gasteiger partial charge in [-0.3, -0.25) is 0 Å². The summed E-state index contributed by atoms with van der Waals surface area (Å²) >= 11 is 0. The predicted molar refractivity (Wildman–Crippen MR) is 544 cm³/mol. The van der Waals surface area contributed by atoms with Crippen LogP contribution in [-0.2, 0) is 0 Å². The van der Waals surface area contributed by atoms with Crippen molar-refractivity contribution in [1.29, 1.82) is 0 Å². The molecule has 0 spiro atoms. The van der Waals surface area contributed by atoms with Crippen molar-refractivity contribution in [1.82, 2.24) is 18.3 Å². The molecule has 4 nitrogen and oxygen atoms in total. The first kappa shape index (κ1) is 73.8. The highest BCUT2D eigenvalue weighted by atomic mass is 15.0. The van der Waals surface area contributed by atoms with Gasteiger partial charge in [0.1, 0.15) is 0 Å². The first-order valence-corrected chi connectivity index (χ1v) is 44.2. The summed E-state index contributed by atoms with van der Waals surface area (Å²) in [6.45, 7) is 0. The fourth-order valence-corrected chi connectivity index (χ4v) is 20.9. The number of rotatable bonds is 12. The summed E-state index contributed by atoms with van der Waals surface area (Å²) in [4.78, 5) is 0. The Labute approximate surface area is 740 Å². The molecule has 4 heterocycles. The van der Waals surface area contributed by atoms with Gasteiger partial charge in [0.2, 0.25) is 0 Å². The Bertz CT molecular complexity index is 8770. The Balaban J connectivity index is 0.000000139. The second-order valence-electron chi connectivity index (χ2n) is 33.6. The van der Waals surface area contributed by atoms with Crippen molar-refractivity contribution in [3.63, 3.8) is 0 Å². The van der Waals surface area contributed by atoms with Gasteiger partial charge in [-0.25, -0.2) is 0 Å². The monoisotopic (exact) mass is 1620 g/mol. The van der Waals surface area contributed by atoms with E-state index < -0.39 is 0 Å². The predicted octanol–water partition coefficient (Wildman–Crippen LogP) is 33.7. The zero-order valence-electron chi connectivity index (χ0n) is 70.0. The van der Waals surface area contributed by atoms with Gasteiger partial charge in [0.05, 0.1) is 44.1 Å². The minimum atomic E-state index is 1.13. The summed E-state index contributed by atoms with van der Waals surface area (Å²) < 4.78 is 9.64. The highest BCUT2D eigenvalue weighted by Gasteiger charge is 2.25. The van der Waals surface area contributed by atoms with Gasteiger partial charge in [-0.2, -0.15) is 0 Å². The van der Waals surface area contributed by atoms with Gasteiger partial charge < -0.3 is 18.3 Å². The van der Waals surface area contributed by atoms with Gasteiger partial charge in [-0.1, -0.05) is 376 Å². The number of hydrogen-bond acceptors (Lipinski definition) is 0. The van der Waals surface area contributed by atoms with Crippen molar-refractivity contribution in [3.8, 4) is 112 Å². The van der Waals surface area contributed by atoms with Crippen molar-refractivity contribution in [2.24, 2.45) is 0 Å². The Morgan fingerprint density at radius 1 is 0.102 bits per heavy atom. The summed E-state index contributed by atoms with van der Waals surface area (Å²) in [5.41, 5.74) is 33.8. The summed E-state index contributed by atoms with van der Waals surface area (Å²) in [7, 11) is 0. The van der Waals surface area contributed by atoms with Crippen LogP contribution in [0.1, 0.15) is 0 Å². The molecule has 0 unspecified atom stereocenters. The maximum Gasteiger partial charge on any atom is 0.0547 e. The largest absolute Gasteiger partial charge is 0.309 e. The van der Waals surface area contributed by atoms with E-state index in [0.717, 1.165) is 11.4 Å². The molecule has 4 aromatic heterocycles. The third-order valence-electron chi connectivity index (χ3n) is 26.6. The standard InChI is InChI=1S/2C62H40N2/c1-3-15-41(16-4-1)42-27-29-43(30-28-42)61-52-21-7-9-23-54(52)62(55-24-10-8-22-53(55)61)44-31-35-48(36-32-44)64-57-25-13-11-19-49(57)51-37-33-46(40-60(51)64)45-34-38-59-56(39-45)50-20-12-14-26-58(50)63(59)47-17-5-2-6-18-47;1-3-17-41(18-4-1)47-21-7-8-24-51(47)62-54-27-11-9-25-52(54)61(53-26-10-12-28-55(53)62)42-31-35-46(36-32-42)64-57-29-15-13-22-48(57)50-37-33-44(40-60(50)64)43-34-38-59-56(39-43)49-23-14-16-30-58(49)63(59)45-19-5-2-6-20-45/h2*1-40H. The molecule has 0 fully saturated rings. The summed E-state index contributed by atoms with van der Waals surface area (Å²) in [6, 6.07) is 178. The zero-order chi connectivity index (χ0) is 84.3. The maximum atomic E-state index is 2.44. The quantitative estimate of drug-likeness (QED) is 0.109. The third-order valence-corrected chi connectivity index (χ3v) is 26.6. The van der Waals surface area contributed by atoms with E-state index in [1.54, 1.807) is 0 Å². The molecule has 0 bridgehead atoms. The van der Waals surface area contributed by atoms with Crippen LogP contribution >= 0.6 is 0 Å². The van der Waals surface area contributed by atoms with E-state index in [4.69, 9.17) is 0 Å². The second-order valence-corrected chi connectivity index (χ2v) is 33.6. The van der Waals surface area contributed by atoms with Gasteiger partial charge in [0.15, 0.2) is 0 Å². The molecule has 0 N–H and O–H groups in total. The molecule has 0 aliphatic rings. The third kappa shape index (κ3) is 12.1. The number of benzene rings is 22. The van der Waals surface area contributed by atoms with Crippen LogP contribution in [0.5, 0.6) is 0 Å². The van der Waals surface area contributed by atoms with Crippen LogP contribution in [0.2, 0.25) is 0 Å².